The van der Waals surface area contributed by atoms with Crippen molar-refractivity contribution in [2.24, 2.45) is 5.92 Å². The van der Waals surface area contributed by atoms with Gasteiger partial charge in [0.05, 0.1) is 13.1 Å². The Labute approximate surface area is 240 Å². The molecular weight excluding hydrogens is 556 g/mol. The molecule has 2 atom stereocenters. The number of halogens is 4. The molecule has 3 heterocycles. The maximum atomic E-state index is 13.5. The summed E-state index contributed by atoms with van der Waals surface area (Å²) in [4.78, 5) is 35.2. The van der Waals surface area contributed by atoms with E-state index in [1.807, 2.05) is 60.7 Å². The van der Waals surface area contributed by atoms with Gasteiger partial charge in [-0.2, -0.15) is 13.2 Å². The fraction of sp³-hybridized carbons (Fsp3) is 0.323. The van der Waals surface area contributed by atoms with Crippen LogP contribution in [0.5, 0.6) is 0 Å². The van der Waals surface area contributed by atoms with Crippen molar-refractivity contribution in [3.8, 4) is 0 Å². The number of carbonyl (C=O) groups is 3. The highest BCUT2D eigenvalue weighted by atomic mass is 19.4. The summed E-state index contributed by atoms with van der Waals surface area (Å²) < 4.78 is 51.6. The number of esters is 1. The number of carboxylic acid groups (broad SMARTS) is 1. The number of hydrogen-bond acceptors (Lipinski definition) is 6. The van der Waals surface area contributed by atoms with Crippen molar-refractivity contribution in [2.75, 3.05) is 31.5 Å². The molecule has 0 aliphatic carbocycles. The van der Waals surface area contributed by atoms with Crippen molar-refractivity contribution in [1.82, 2.24) is 0 Å². The molecule has 1 N–H and O–H groups in total. The summed E-state index contributed by atoms with van der Waals surface area (Å²) in [5.41, 5.74) is 2.22. The first-order valence-corrected chi connectivity index (χ1v) is 13.4. The van der Waals surface area contributed by atoms with Crippen LogP contribution < -0.4 is 10.4 Å². The van der Waals surface area contributed by atoms with E-state index in [2.05, 4.69) is 5.32 Å². The van der Waals surface area contributed by atoms with Crippen LogP contribution in [0.2, 0.25) is 0 Å². The highest BCUT2D eigenvalue weighted by Crippen LogP contribution is 2.36. The number of anilines is 1. The fourth-order valence-electron chi connectivity index (χ4n) is 5.45. The number of nitrogens with zero attached hydrogens (tertiary/aromatic N) is 1. The molecule has 6 rings (SSSR count). The van der Waals surface area contributed by atoms with Gasteiger partial charge in [0, 0.05) is 30.0 Å². The Hall–Kier alpha value is -4.25. The van der Waals surface area contributed by atoms with Gasteiger partial charge >= 0.3 is 12.1 Å². The number of ketones is 1. The third-order valence-corrected chi connectivity index (χ3v) is 7.64. The second-order valence-electron chi connectivity index (χ2n) is 10.5. The number of benzene rings is 3. The standard InChI is InChI=1S/C29H30FN2O3.C2HF3O2/c30-24-13-11-21(12-14-24)26(33)19-32-17-15-22(16-18-32)27(20-32)35-29(34)28(23-7-3-1-4-8-23)31-25-9-5-2-6-10-25;3-2(4,5)1(6)7/h1-14,22,27-28,31H,15-20H2;(H,6,7)/q+1;/p-1/t22?,27-,28-,32?;/m0./s1. The number of piperidine rings is 3. The van der Waals surface area contributed by atoms with Gasteiger partial charge < -0.3 is 24.4 Å². The van der Waals surface area contributed by atoms with Gasteiger partial charge in [-0.15, -0.1) is 0 Å². The minimum absolute atomic E-state index is 0.00309. The van der Waals surface area contributed by atoms with Crippen molar-refractivity contribution < 1.29 is 46.3 Å². The van der Waals surface area contributed by atoms with E-state index in [4.69, 9.17) is 14.6 Å². The topological polar surface area (TPSA) is 95.5 Å². The Morgan fingerprint density at radius 2 is 1.45 bits per heavy atom. The van der Waals surface area contributed by atoms with E-state index in [9.17, 15) is 27.2 Å². The molecule has 3 aliphatic heterocycles. The summed E-state index contributed by atoms with van der Waals surface area (Å²) in [5.74, 6) is -3.35. The number of aliphatic carboxylic acids is 1. The Morgan fingerprint density at radius 1 is 0.905 bits per heavy atom. The molecule has 11 heteroatoms. The predicted octanol–water partition coefficient (Wildman–Crippen LogP) is 4.31. The maximum Gasteiger partial charge on any atom is 0.430 e. The van der Waals surface area contributed by atoms with E-state index in [1.165, 1.54) is 12.1 Å². The van der Waals surface area contributed by atoms with Crippen LogP contribution in [0.25, 0.3) is 0 Å². The SMILES string of the molecule is O=C(C[N+]12CCC(CC1)[C@@H](OC(=O)[C@@H](Nc1ccccc1)c1ccccc1)C2)c1ccc(F)cc1.O=C([O-])C(F)(F)F. The van der Waals surface area contributed by atoms with Gasteiger partial charge in [-0.05, 0) is 42.0 Å². The zero-order chi connectivity index (χ0) is 30.3. The molecule has 42 heavy (non-hydrogen) atoms. The van der Waals surface area contributed by atoms with Gasteiger partial charge in [-0.25, -0.2) is 9.18 Å². The van der Waals surface area contributed by atoms with E-state index in [0.717, 1.165) is 37.2 Å². The van der Waals surface area contributed by atoms with Crippen LogP contribution in [0.4, 0.5) is 23.2 Å². The van der Waals surface area contributed by atoms with Crippen molar-refractivity contribution in [1.29, 1.82) is 0 Å². The first-order chi connectivity index (χ1) is 20.0. The minimum Gasteiger partial charge on any atom is -0.542 e. The molecule has 3 fully saturated rings. The number of nitrogens with one attached hydrogen (secondary N) is 1. The second kappa shape index (κ2) is 13.2. The van der Waals surface area contributed by atoms with Crippen LogP contribution in [-0.2, 0) is 14.3 Å². The van der Waals surface area contributed by atoms with Crippen LogP contribution in [0.15, 0.2) is 84.9 Å². The molecule has 3 aromatic rings. The maximum absolute atomic E-state index is 13.5. The molecule has 7 nitrogen and oxygen atoms in total. The van der Waals surface area contributed by atoms with Gasteiger partial charge in [0.2, 0.25) is 5.78 Å². The lowest BCUT2D eigenvalue weighted by Gasteiger charge is -2.51. The van der Waals surface area contributed by atoms with E-state index >= 15 is 0 Å². The summed E-state index contributed by atoms with van der Waals surface area (Å²) in [6, 6.07) is 24.4. The highest BCUT2D eigenvalue weighted by Gasteiger charge is 2.49. The Bertz CT molecular complexity index is 1360. The molecule has 2 bridgehead atoms. The number of ether oxygens (including phenoxy) is 1. The molecule has 3 aliphatic rings. The van der Waals surface area contributed by atoms with E-state index in [0.29, 0.717) is 29.1 Å². The van der Waals surface area contributed by atoms with Gasteiger partial charge in [-0.1, -0.05) is 48.5 Å². The Morgan fingerprint density at radius 3 is 2.00 bits per heavy atom. The first kappa shape index (κ1) is 30.7. The lowest BCUT2D eigenvalue weighted by atomic mass is 9.82. The van der Waals surface area contributed by atoms with Crippen LogP contribution in [0.1, 0.15) is 34.8 Å². The average molecular weight is 587 g/mol. The summed E-state index contributed by atoms with van der Waals surface area (Å²) in [7, 11) is 0. The van der Waals surface area contributed by atoms with Gasteiger partial charge in [0.1, 0.15) is 24.9 Å². The number of fused-ring (bicyclic) bond motifs is 3. The highest BCUT2D eigenvalue weighted by molar-refractivity contribution is 5.97. The van der Waals surface area contributed by atoms with Crippen molar-refractivity contribution in [3.63, 3.8) is 0 Å². The molecule has 0 spiro atoms. The largest absolute Gasteiger partial charge is 0.542 e. The molecule has 3 aromatic carbocycles. The summed E-state index contributed by atoms with van der Waals surface area (Å²) in [5, 5.41) is 12.1. The molecule has 0 amide bonds. The number of carboxylic acids is 1. The smallest absolute Gasteiger partial charge is 0.430 e. The third kappa shape index (κ3) is 7.94. The molecular formula is C31H30F4N2O5. The molecule has 222 valence electrons. The normalized spacial score (nSPS) is 21.8. The predicted molar refractivity (Wildman–Crippen MR) is 143 cm³/mol. The molecule has 0 radical (unpaired) electrons. The minimum atomic E-state index is -5.19. The van der Waals surface area contributed by atoms with Crippen LogP contribution in [-0.4, -0.2) is 60.7 Å². The van der Waals surface area contributed by atoms with Crippen molar-refractivity contribution in [3.05, 3.63) is 102 Å². The summed E-state index contributed by atoms with van der Waals surface area (Å²) in [6.07, 6.45) is -3.57. The lowest BCUT2D eigenvalue weighted by molar-refractivity contribution is -0.938. The third-order valence-electron chi connectivity index (χ3n) is 7.64. The van der Waals surface area contributed by atoms with Crippen molar-refractivity contribution in [2.45, 2.75) is 31.2 Å². The lowest BCUT2D eigenvalue weighted by Crippen LogP contribution is -2.65. The molecule has 3 saturated heterocycles. The van der Waals surface area contributed by atoms with Crippen LogP contribution in [0.3, 0.4) is 0 Å². The van der Waals surface area contributed by atoms with Gasteiger partial charge in [-0.3, -0.25) is 4.79 Å². The van der Waals surface area contributed by atoms with Gasteiger partial charge in [0.25, 0.3) is 0 Å². The van der Waals surface area contributed by atoms with E-state index in [1.54, 1.807) is 12.1 Å². The second-order valence-corrected chi connectivity index (χ2v) is 10.5. The Balaban J connectivity index is 0.000000517. The van der Waals surface area contributed by atoms with Crippen LogP contribution >= 0.6 is 0 Å². The summed E-state index contributed by atoms with van der Waals surface area (Å²) in [6.45, 7) is 2.78. The zero-order valence-corrected chi connectivity index (χ0v) is 22.6. The van der Waals surface area contributed by atoms with E-state index < -0.39 is 18.2 Å². The number of hydrogen-bond donors (Lipinski definition) is 1. The quantitative estimate of drug-likeness (QED) is 0.183. The first-order valence-electron chi connectivity index (χ1n) is 13.4. The molecule has 0 aromatic heterocycles. The zero-order valence-electron chi connectivity index (χ0n) is 22.6. The number of carbonyl (C=O) groups excluding carboxylic acids is 3. The number of quaternary nitrogens is 1. The van der Waals surface area contributed by atoms with Gasteiger partial charge in [0.15, 0.2) is 12.1 Å². The monoisotopic (exact) mass is 586 g/mol. The average Bonchev–Trinajstić information content (AvgIpc) is 2.97. The van der Waals surface area contributed by atoms with Crippen molar-refractivity contribution >= 4 is 23.4 Å². The molecule has 0 unspecified atom stereocenters. The fourth-order valence-corrected chi connectivity index (χ4v) is 5.45. The summed E-state index contributed by atoms with van der Waals surface area (Å²) >= 11 is 0. The number of Topliss-reactive ketones (excluding diaryl/α,β-unsaturated/α-hetero) is 1. The molecule has 0 saturated carbocycles. The van der Waals surface area contributed by atoms with Crippen LogP contribution in [0, 0.1) is 11.7 Å². The van der Waals surface area contributed by atoms with E-state index in [-0.39, 0.29) is 23.7 Å². The number of alkyl halides is 3. The number of para-hydroxylation sites is 1. The Kier molecular flexibility index (Phi) is 9.62. The number of rotatable bonds is 8.